The van der Waals surface area contributed by atoms with E-state index < -0.39 is 10.0 Å². The van der Waals surface area contributed by atoms with Crippen molar-refractivity contribution >= 4 is 21.5 Å². The Morgan fingerprint density at radius 3 is 2.21 bits per heavy atom. The molecule has 0 unspecified atom stereocenters. The van der Waals surface area contributed by atoms with E-state index in [4.69, 9.17) is 4.42 Å². The SMILES string of the molecule is Cc1nc(-c2ccc(S(=O)(=O)Nc3ccc(C(=O)C4CC4)cc3)cc2)c(C)o1. The van der Waals surface area contributed by atoms with Gasteiger partial charge in [-0.15, -0.1) is 0 Å². The third kappa shape index (κ3) is 3.71. The molecule has 4 rings (SSSR count). The fraction of sp³-hybridized carbons (Fsp3) is 0.238. The van der Waals surface area contributed by atoms with Gasteiger partial charge >= 0.3 is 0 Å². The summed E-state index contributed by atoms with van der Waals surface area (Å²) in [5, 5.41) is 0. The average molecular weight is 396 g/mol. The van der Waals surface area contributed by atoms with E-state index in [2.05, 4.69) is 9.71 Å². The third-order valence-corrected chi connectivity index (χ3v) is 6.11. The van der Waals surface area contributed by atoms with Crippen LogP contribution < -0.4 is 4.72 Å². The van der Waals surface area contributed by atoms with Gasteiger partial charge in [0.2, 0.25) is 0 Å². The molecule has 1 saturated carbocycles. The second-order valence-corrected chi connectivity index (χ2v) is 8.67. The molecule has 2 aromatic carbocycles. The van der Waals surface area contributed by atoms with Crippen LogP contribution in [0.15, 0.2) is 57.8 Å². The molecule has 1 aromatic heterocycles. The third-order valence-electron chi connectivity index (χ3n) is 4.71. The molecule has 3 aromatic rings. The summed E-state index contributed by atoms with van der Waals surface area (Å²) < 4.78 is 33.3. The van der Waals surface area contributed by atoms with Gasteiger partial charge in [0.05, 0.1) is 4.90 Å². The normalized spacial score (nSPS) is 14.1. The fourth-order valence-electron chi connectivity index (χ4n) is 3.09. The van der Waals surface area contributed by atoms with E-state index in [0.717, 1.165) is 18.4 Å². The number of nitrogens with zero attached hydrogens (tertiary/aromatic N) is 1. The zero-order valence-electron chi connectivity index (χ0n) is 15.6. The Hall–Kier alpha value is -2.93. The monoisotopic (exact) mass is 396 g/mol. The first-order chi connectivity index (χ1) is 13.3. The van der Waals surface area contributed by atoms with Gasteiger partial charge in [-0.2, -0.15) is 0 Å². The highest BCUT2D eigenvalue weighted by Gasteiger charge is 2.30. The van der Waals surface area contributed by atoms with Gasteiger partial charge in [0.15, 0.2) is 11.7 Å². The van der Waals surface area contributed by atoms with Gasteiger partial charge in [-0.3, -0.25) is 9.52 Å². The predicted molar refractivity (Wildman–Crippen MR) is 106 cm³/mol. The molecule has 7 heteroatoms. The fourth-order valence-corrected chi connectivity index (χ4v) is 4.15. The highest BCUT2D eigenvalue weighted by molar-refractivity contribution is 7.92. The molecular formula is C21H20N2O4S. The van der Waals surface area contributed by atoms with E-state index in [-0.39, 0.29) is 16.6 Å². The topological polar surface area (TPSA) is 89.3 Å². The number of ketones is 1. The molecule has 1 aliphatic carbocycles. The quantitative estimate of drug-likeness (QED) is 0.626. The molecule has 28 heavy (non-hydrogen) atoms. The number of aryl methyl sites for hydroxylation is 2. The number of nitrogens with one attached hydrogen (secondary N) is 1. The van der Waals surface area contributed by atoms with Crippen molar-refractivity contribution in [2.24, 2.45) is 5.92 Å². The summed E-state index contributed by atoms with van der Waals surface area (Å²) in [7, 11) is -3.73. The van der Waals surface area contributed by atoms with Gasteiger partial charge in [0, 0.05) is 29.7 Å². The second kappa shape index (κ2) is 6.91. The van der Waals surface area contributed by atoms with Gasteiger partial charge < -0.3 is 4.42 Å². The van der Waals surface area contributed by atoms with Crippen molar-refractivity contribution in [3.8, 4) is 11.3 Å². The molecule has 0 bridgehead atoms. The van der Waals surface area contributed by atoms with Crippen molar-refractivity contribution < 1.29 is 17.6 Å². The summed E-state index contributed by atoms with van der Waals surface area (Å²) >= 11 is 0. The van der Waals surface area contributed by atoms with Gasteiger partial charge in [-0.1, -0.05) is 12.1 Å². The highest BCUT2D eigenvalue weighted by atomic mass is 32.2. The van der Waals surface area contributed by atoms with Crippen molar-refractivity contribution in [2.75, 3.05) is 4.72 Å². The lowest BCUT2D eigenvalue weighted by Crippen LogP contribution is -2.13. The van der Waals surface area contributed by atoms with Crippen LogP contribution in [0, 0.1) is 19.8 Å². The van der Waals surface area contributed by atoms with Crippen LogP contribution in [0.5, 0.6) is 0 Å². The number of sulfonamides is 1. The molecule has 1 heterocycles. The van der Waals surface area contributed by atoms with E-state index >= 15 is 0 Å². The summed E-state index contributed by atoms with van der Waals surface area (Å²) in [5.74, 6) is 1.52. The molecule has 0 aliphatic heterocycles. The van der Waals surface area contributed by atoms with Crippen molar-refractivity contribution in [3.05, 3.63) is 65.7 Å². The Balaban J connectivity index is 1.51. The van der Waals surface area contributed by atoms with E-state index in [1.807, 2.05) is 6.92 Å². The maximum Gasteiger partial charge on any atom is 0.261 e. The Morgan fingerprint density at radius 2 is 1.68 bits per heavy atom. The van der Waals surface area contributed by atoms with Gasteiger partial charge in [-0.05, 0) is 56.2 Å². The lowest BCUT2D eigenvalue weighted by Gasteiger charge is -2.09. The van der Waals surface area contributed by atoms with Crippen molar-refractivity contribution in [3.63, 3.8) is 0 Å². The largest absolute Gasteiger partial charge is 0.446 e. The zero-order chi connectivity index (χ0) is 19.9. The van der Waals surface area contributed by atoms with Crippen LogP contribution in [-0.2, 0) is 10.0 Å². The molecular weight excluding hydrogens is 376 g/mol. The number of hydrogen-bond donors (Lipinski definition) is 1. The molecule has 0 radical (unpaired) electrons. The summed E-state index contributed by atoms with van der Waals surface area (Å²) in [6.07, 6.45) is 1.88. The van der Waals surface area contributed by atoms with Crippen LogP contribution in [0.4, 0.5) is 5.69 Å². The Morgan fingerprint density at radius 1 is 1.04 bits per heavy atom. The van der Waals surface area contributed by atoms with E-state index in [1.165, 1.54) is 12.1 Å². The van der Waals surface area contributed by atoms with E-state index in [9.17, 15) is 13.2 Å². The van der Waals surface area contributed by atoms with Crippen LogP contribution in [0.25, 0.3) is 11.3 Å². The van der Waals surface area contributed by atoms with Crippen molar-refractivity contribution in [1.82, 2.24) is 4.98 Å². The van der Waals surface area contributed by atoms with Crippen LogP contribution in [0.3, 0.4) is 0 Å². The number of carbonyl (C=O) groups excluding carboxylic acids is 1. The lowest BCUT2D eigenvalue weighted by atomic mass is 10.1. The Labute approximate surface area is 163 Å². The minimum absolute atomic E-state index is 0.128. The standard InChI is InChI=1S/C21H20N2O4S/c1-13-20(22-14(2)27-13)15-7-11-19(12-8-15)28(25,26)23-18-9-5-17(6-10-18)21(24)16-3-4-16/h5-12,16,23H,3-4H2,1-2H3. The van der Waals surface area contributed by atoms with Crippen LogP contribution >= 0.6 is 0 Å². The predicted octanol–water partition coefficient (Wildman–Crippen LogP) is 4.35. The summed E-state index contributed by atoms with van der Waals surface area (Å²) in [5.41, 5.74) is 2.52. The summed E-state index contributed by atoms with van der Waals surface area (Å²) in [6.45, 7) is 3.59. The van der Waals surface area contributed by atoms with E-state index in [0.29, 0.717) is 28.6 Å². The number of anilines is 1. The number of oxazole rings is 1. The molecule has 1 N–H and O–H groups in total. The van der Waals surface area contributed by atoms with Crippen molar-refractivity contribution in [1.29, 1.82) is 0 Å². The molecule has 6 nitrogen and oxygen atoms in total. The minimum Gasteiger partial charge on any atom is -0.446 e. The van der Waals surface area contributed by atoms with E-state index in [1.54, 1.807) is 43.3 Å². The first-order valence-corrected chi connectivity index (χ1v) is 10.5. The van der Waals surface area contributed by atoms with Crippen molar-refractivity contribution in [2.45, 2.75) is 31.6 Å². The number of rotatable bonds is 6. The van der Waals surface area contributed by atoms with Crippen LogP contribution in [0.2, 0.25) is 0 Å². The summed E-state index contributed by atoms with van der Waals surface area (Å²) in [4.78, 5) is 16.5. The van der Waals surface area contributed by atoms with Crippen LogP contribution in [0.1, 0.15) is 34.9 Å². The molecule has 0 saturated heterocycles. The van der Waals surface area contributed by atoms with Crippen LogP contribution in [-0.4, -0.2) is 19.2 Å². The molecule has 0 spiro atoms. The molecule has 0 atom stereocenters. The second-order valence-electron chi connectivity index (χ2n) is 6.98. The number of benzene rings is 2. The lowest BCUT2D eigenvalue weighted by molar-refractivity contribution is 0.0967. The molecule has 0 amide bonds. The van der Waals surface area contributed by atoms with Gasteiger partial charge in [0.25, 0.3) is 10.0 Å². The smallest absolute Gasteiger partial charge is 0.261 e. The number of hydrogen-bond acceptors (Lipinski definition) is 5. The zero-order valence-corrected chi connectivity index (χ0v) is 16.4. The summed E-state index contributed by atoms with van der Waals surface area (Å²) in [6, 6.07) is 13.0. The number of carbonyl (C=O) groups is 1. The first-order valence-electron chi connectivity index (χ1n) is 9.05. The maximum absolute atomic E-state index is 12.6. The number of Topliss-reactive ketones (excluding diaryl/α,β-unsaturated/α-hetero) is 1. The average Bonchev–Trinajstić information content (AvgIpc) is 3.46. The molecule has 1 aliphatic rings. The van der Waals surface area contributed by atoms with Gasteiger partial charge in [0.1, 0.15) is 11.5 Å². The highest BCUT2D eigenvalue weighted by Crippen LogP contribution is 2.33. The first kappa shape index (κ1) is 18.4. The minimum atomic E-state index is -3.73. The Kier molecular flexibility index (Phi) is 4.55. The Bertz CT molecular complexity index is 1130. The number of aromatic nitrogens is 1. The van der Waals surface area contributed by atoms with Gasteiger partial charge in [-0.25, -0.2) is 13.4 Å². The maximum atomic E-state index is 12.6. The molecule has 144 valence electrons. The molecule has 1 fully saturated rings.